The largest absolute Gasteiger partial charge is 0.478 e. The lowest BCUT2D eigenvalue weighted by atomic mass is 9.85. The van der Waals surface area contributed by atoms with Gasteiger partial charge in [-0.15, -0.1) is 11.3 Å². The summed E-state index contributed by atoms with van der Waals surface area (Å²) < 4.78 is 24.3. The predicted molar refractivity (Wildman–Crippen MR) is 274 cm³/mol. The third-order valence-corrected chi connectivity index (χ3v) is 13.7. The number of thiazole rings is 1. The molecule has 4 amide bonds. The molecule has 3 atom stereocenters. The molecule has 0 radical (unpaired) electrons. The number of β-amino-alcohol motifs (C(OH)–C–C–N with tert-alkyl or cyclic N) is 1. The molecule has 386 valence electrons. The average Bonchev–Trinajstić information content (AvgIpc) is 3.99. The van der Waals surface area contributed by atoms with Crippen LogP contribution in [0, 0.1) is 12.3 Å². The van der Waals surface area contributed by atoms with Crippen molar-refractivity contribution in [3.05, 3.63) is 86.9 Å². The van der Waals surface area contributed by atoms with Crippen LogP contribution in [0.15, 0.2) is 65.0 Å². The molecule has 2 fully saturated rings. The van der Waals surface area contributed by atoms with Gasteiger partial charge in [-0.2, -0.15) is 4.98 Å². The van der Waals surface area contributed by atoms with Gasteiger partial charge in [0.25, 0.3) is 11.5 Å². The minimum absolute atomic E-state index is 0.0167. The number of aromatic nitrogens is 4. The molecular weight excluding hydrogens is 968 g/mol. The number of nitrogens with zero attached hydrogens (tertiary/aromatic N) is 6. The molecule has 0 aliphatic carbocycles. The average molecular weight is 1030 g/mol. The van der Waals surface area contributed by atoms with Crippen molar-refractivity contribution >= 4 is 74.9 Å². The predicted octanol–water partition coefficient (Wildman–Crippen LogP) is 4.11. The first-order valence-corrected chi connectivity index (χ1v) is 25.1. The first-order chi connectivity index (χ1) is 34.5. The van der Waals surface area contributed by atoms with Crippen LogP contribution >= 0.6 is 22.9 Å². The molecule has 20 nitrogen and oxygen atoms in total. The summed E-state index contributed by atoms with van der Waals surface area (Å²) in [6, 6.07) is 13.0. The number of likely N-dealkylation sites (N-methyl/N-ethyl adjacent to an activating group) is 1. The van der Waals surface area contributed by atoms with Gasteiger partial charge >= 0.3 is 0 Å². The van der Waals surface area contributed by atoms with Crippen molar-refractivity contribution in [1.82, 2.24) is 40.4 Å². The second kappa shape index (κ2) is 24.5. The Kier molecular flexibility index (Phi) is 18.2. The third kappa shape index (κ3) is 13.8. The van der Waals surface area contributed by atoms with Crippen LogP contribution in [0.4, 0.5) is 17.5 Å². The number of piperidine rings is 1. The van der Waals surface area contributed by atoms with Gasteiger partial charge in [-0.1, -0.05) is 56.6 Å². The van der Waals surface area contributed by atoms with E-state index < -0.39 is 35.4 Å². The van der Waals surface area contributed by atoms with Crippen molar-refractivity contribution < 1.29 is 43.2 Å². The van der Waals surface area contributed by atoms with Crippen LogP contribution in [0.1, 0.15) is 51.3 Å². The van der Waals surface area contributed by atoms with Gasteiger partial charge in [-0.05, 0) is 60.6 Å². The number of halogens is 1. The molecule has 22 heteroatoms. The third-order valence-electron chi connectivity index (χ3n) is 12.4. The standard InChI is InChI=1S/C50H63ClN10O10S/c1-30-43(72-29-55-30)32-9-7-31(8-10-32)24-53-46(65)39-23-35(62)26-61(39)48(67)44(50(2,3)4)57-42(64)27-69-18-17-68-19-20-70-36-13-15-60(16-14-36)49-54-25-37(51)45(58-49)56-34-11-12-38-33(21-34)22-40(47(66)59(38)6)71-28-41(63)52-5/h7-12,21-22,25,29,35-36,39,44,62H,13-20,23-24,26-28H2,1-6H3,(H,52,63)(H,53,65)(H,57,64)(H,54,56,58)/t35-,39+,44-/m1/s1. The van der Waals surface area contributed by atoms with Gasteiger partial charge in [0.2, 0.25) is 23.7 Å². The van der Waals surface area contributed by atoms with E-state index in [0.29, 0.717) is 59.7 Å². The van der Waals surface area contributed by atoms with Gasteiger partial charge in [-0.3, -0.25) is 24.0 Å². The molecule has 0 spiro atoms. The highest BCUT2D eigenvalue weighted by atomic mass is 35.5. The second-order valence-electron chi connectivity index (χ2n) is 18.8. The molecule has 5 heterocycles. The van der Waals surface area contributed by atoms with Crippen LogP contribution in [-0.4, -0.2) is 144 Å². The normalized spacial score (nSPS) is 16.7. The zero-order valence-electron chi connectivity index (χ0n) is 41.4. The Labute approximate surface area is 426 Å². The molecule has 2 saturated heterocycles. The number of aliphatic hydroxyl groups excluding tert-OH is 1. The van der Waals surface area contributed by atoms with E-state index in [0.717, 1.165) is 34.5 Å². The zero-order chi connectivity index (χ0) is 51.5. The van der Waals surface area contributed by atoms with Crippen molar-refractivity contribution in [1.29, 1.82) is 0 Å². The lowest BCUT2D eigenvalue weighted by Crippen LogP contribution is -2.58. The number of carbonyl (C=O) groups excluding carboxylic acids is 4. The fraction of sp³-hybridized carbons (Fsp3) is 0.480. The SMILES string of the molecule is CNC(=O)COc1cc2cc(Nc3nc(N4CCC(OCCOCCOCC(=O)N[C@H](C(=O)N5C[C@H](O)C[C@H]5C(=O)NCc5ccc(-c6scnc6C)cc5)C(C)(C)C)CC4)ncc3Cl)ccc2n(C)c1=O. The summed E-state index contributed by atoms with van der Waals surface area (Å²) in [4.78, 5) is 83.0. The number of carbonyl (C=O) groups is 4. The monoisotopic (exact) mass is 1030 g/mol. The van der Waals surface area contributed by atoms with Crippen LogP contribution in [0.3, 0.4) is 0 Å². The molecule has 0 unspecified atom stereocenters. The number of pyridine rings is 1. The van der Waals surface area contributed by atoms with E-state index in [4.69, 9.17) is 35.5 Å². The number of hydrogen-bond donors (Lipinski definition) is 5. The number of aryl methyl sites for hydroxylation is 2. The number of fused-ring (bicyclic) bond motifs is 1. The lowest BCUT2D eigenvalue weighted by Gasteiger charge is -2.35. The molecule has 2 aromatic carbocycles. The summed E-state index contributed by atoms with van der Waals surface area (Å²) in [5.74, 6) is -0.692. The summed E-state index contributed by atoms with van der Waals surface area (Å²) in [5.41, 5.74) is 4.97. The van der Waals surface area contributed by atoms with Gasteiger partial charge < -0.3 is 59.7 Å². The molecule has 0 saturated carbocycles. The number of benzene rings is 2. The number of likely N-dealkylation sites (tertiary alicyclic amines) is 1. The molecule has 0 bridgehead atoms. The van der Waals surface area contributed by atoms with E-state index in [2.05, 4.69) is 36.1 Å². The van der Waals surface area contributed by atoms with Crippen molar-refractivity contribution in [3.63, 3.8) is 0 Å². The molecule has 7 rings (SSSR count). The van der Waals surface area contributed by atoms with Crippen LogP contribution in [-0.2, 0) is 47.0 Å². The van der Waals surface area contributed by atoms with E-state index in [-0.39, 0.29) is 75.2 Å². The number of aliphatic hydroxyl groups is 1. The fourth-order valence-corrected chi connectivity index (χ4v) is 9.40. The summed E-state index contributed by atoms with van der Waals surface area (Å²) >= 11 is 8.09. The Morgan fingerprint density at radius 1 is 0.958 bits per heavy atom. The number of nitrogens with one attached hydrogen (secondary N) is 4. The first kappa shape index (κ1) is 53.6. The molecule has 5 N–H and O–H groups in total. The van der Waals surface area contributed by atoms with Crippen molar-refractivity contribution in [3.8, 4) is 16.2 Å². The summed E-state index contributed by atoms with van der Waals surface area (Å²) in [6.07, 6.45) is 2.26. The zero-order valence-corrected chi connectivity index (χ0v) is 42.9. The molecule has 3 aromatic heterocycles. The first-order valence-electron chi connectivity index (χ1n) is 23.8. The summed E-state index contributed by atoms with van der Waals surface area (Å²) in [6.45, 7) is 9.48. The maximum atomic E-state index is 14.0. The van der Waals surface area contributed by atoms with Gasteiger partial charge in [0.1, 0.15) is 23.7 Å². The highest BCUT2D eigenvalue weighted by Gasteiger charge is 2.44. The topological polar surface area (TPSA) is 241 Å². The Morgan fingerprint density at radius 3 is 2.40 bits per heavy atom. The minimum atomic E-state index is -0.979. The Morgan fingerprint density at radius 2 is 1.69 bits per heavy atom. The van der Waals surface area contributed by atoms with Crippen molar-refractivity contribution in [2.45, 2.75) is 77.8 Å². The summed E-state index contributed by atoms with van der Waals surface area (Å²) in [5, 5.41) is 23.1. The highest BCUT2D eigenvalue weighted by Crippen LogP contribution is 2.31. The van der Waals surface area contributed by atoms with Crippen LogP contribution in [0.25, 0.3) is 21.3 Å². The minimum Gasteiger partial charge on any atom is -0.478 e. The molecular formula is C50H63ClN10O10S. The smallest absolute Gasteiger partial charge is 0.293 e. The highest BCUT2D eigenvalue weighted by molar-refractivity contribution is 7.13. The van der Waals surface area contributed by atoms with E-state index in [1.54, 1.807) is 36.7 Å². The number of rotatable bonds is 21. The van der Waals surface area contributed by atoms with Crippen LogP contribution in [0.5, 0.6) is 5.75 Å². The molecule has 2 aliphatic rings. The van der Waals surface area contributed by atoms with Crippen molar-refractivity contribution in [2.75, 3.05) is 76.5 Å². The molecule has 2 aliphatic heterocycles. The van der Waals surface area contributed by atoms with Crippen LogP contribution in [0.2, 0.25) is 5.02 Å². The van der Waals surface area contributed by atoms with Gasteiger partial charge in [0, 0.05) is 57.8 Å². The van der Waals surface area contributed by atoms with Gasteiger partial charge in [0.15, 0.2) is 18.2 Å². The van der Waals surface area contributed by atoms with E-state index in [9.17, 15) is 29.1 Å². The van der Waals surface area contributed by atoms with Crippen molar-refractivity contribution in [2.24, 2.45) is 12.5 Å². The number of ether oxygens (including phenoxy) is 4. The molecule has 72 heavy (non-hydrogen) atoms. The van der Waals surface area contributed by atoms with Gasteiger partial charge in [-0.25, -0.2) is 9.97 Å². The Hall–Kier alpha value is -6.23. The maximum Gasteiger partial charge on any atom is 0.293 e. The number of amides is 4. The lowest BCUT2D eigenvalue weighted by molar-refractivity contribution is -0.144. The summed E-state index contributed by atoms with van der Waals surface area (Å²) in [7, 11) is 3.13. The Bertz CT molecular complexity index is 2760. The van der Waals surface area contributed by atoms with E-state index in [1.807, 2.05) is 69.6 Å². The van der Waals surface area contributed by atoms with E-state index in [1.165, 1.54) is 16.5 Å². The van der Waals surface area contributed by atoms with Crippen LogP contribution < -0.4 is 36.5 Å². The van der Waals surface area contributed by atoms with E-state index >= 15 is 0 Å². The maximum absolute atomic E-state index is 14.0. The number of anilines is 3. The number of hydrogen-bond acceptors (Lipinski definition) is 16. The van der Waals surface area contributed by atoms with Gasteiger partial charge in [0.05, 0.1) is 66.4 Å². The second-order valence-corrected chi connectivity index (χ2v) is 20.0. The molecule has 5 aromatic rings. The quantitative estimate of drug-likeness (QED) is 0.0650. The Balaban J connectivity index is 0.793. The fourth-order valence-electron chi connectivity index (χ4n) is 8.45.